The van der Waals surface area contributed by atoms with Crippen LogP contribution in [0.25, 0.3) is 0 Å². The monoisotopic (exact) mass is 261 g/mol. The molecule has 0 aromatic carbocycles. The molecule has 0 amide bonds. The van der Waals surface area contributed by atoms with Crippen molar-refractivity contribution in [2.45, 2.75) is 47.1 Å². The van der Waals surface area contributed by atoms with E-state index in [2.05, 4.69) is 50.0 Å². The Balaban J connectivity index is 2.10. The molecule has 19 heavy (non-hydrogen) atoms. The third-order valence-corrected chi connectivity index (χ3v) is 3.97. The molecule has 0 unspecified atom stereocenters. The normalized spacial score (nSPS) is 18.6. The van der Waals surface area contributed by atoms with E-state index in [1.165, 1.54) is 18.4 Å². The van der Waals surface area contributed by atoms with E-state index in [4.69, 9.17) is 4.98 Å². The third kappa shape index (κ3) is 3.69. The predicted octanol–water partition coefficient (Wildman–Crippen LogP) is 3.13. The quantitative estimate of drug-likeness (QED) is 0.902. The van der Waals surface area contributed by atoms with Crippen molar-refractivity contribution in [2.24, 2.45) is 5.41 Å². The Kier molecular flexibility index (Phi) is 4.46. The van der Waals surface area contributed by atoms with Gasteiger partial charge in [0.15, 0.2) is 0 Å². The first kappa shape index (κ1) is 14.3. The van der Waals surface area contributed by atoms with Crippen LogP contribution in [0.1, 0.15) is 44.9 Å². The average Bonchev–Trinajstić information content (AvgIpc) is 2.36. The zero-order valence-corrected chi connectivity index (χ0v) is 12.8. The molecule has 3 heteroatoms. The molecule has 106 valence electrons. The van der Waals surface area contributed by atoms with Gasteiger partial charge in [-0.1, -0.05) is 26.8 Å². The maximum atomic E-state index is 4.80. The van der Waals surface area contributed by atoms with Crippen LogP contribution in [-0.4, -0.2) is 24.6 Å². The lowest BCUT2D eigenvalue weighted by Gasteiger charge is -2.38. The van der Waals surface area contributed by atoms with E-state index in [1.54, 1.807) is 0 Å². The van der Waals surface area contributed by atoms with Gasteiger partial charge in [-0.2, -0.15) is 0 Å². The van der Waals surface area contributed by atoms with Crippen LogP contribution < -0.4 is 10.2 Å². The van der Waals surface area contributed by atoms with Gasteiger partial charge >= 0.3 is 0 Å². The zero-order valence-electron chi connectivity index (χ0n) is 12.8. The summed E-state index contributed by atoms with van der Waals surface area (Å²) in [5, 5.41) is 3.36. The smallest absolute Gasteiger partial charge is 0.128 e. The predicted molar refractivity (Wildman–Crippen MR) is 81.6 cm³/mol. The van der Waals surface area contributed by atoms with Crippen LogP contribution in [0.2, 0.25) is 0 Å². The fourth-order valence-corrected chi connectivity index (χ4v) is 2.82. The van der Waals surface area contributed by atoms with Crippen LogP contribution >= 0.6 is 0 Å². The number of rotatable bonds is 4. The summed E-state index contributed by atoms with van der Waals surface area (Å²) in [5.74, 6) is 1.14. The summed E-state index contributed by atoms with van der Waals surface area (Å²) < 4.78 is 0. The molecule has 0 spiro atoms. The zero-order chi connectivity index (χ0) is 13.9. The molecule has 1 aliphatic heterocycles. The second-order valence-electron chi connectivity index (χ2n) is 6.38. The van der Waals surface area contributed by atoms with Crippen LogP contribution in [0.5, 0.6) is 0 Å². The molecule has 1 saturated heterocycles. The summed E-state index contributed by atoms with van der Waals surface area (Å²) in [6.07, 6.45) is 2.59. The van der Waals surface area contributed by atoms with Gasteiger partial charge in [-0.05, 0) is 43.4 Å². The topological polar surface area (TPSA) is 28.2 Å². The Morgan fingerprint density at radius 3 is 2.79 bits per heavy atom. The minimum absolute atomic E-state index is 0.413. The van der Waals surface area contributed by atoms with Crippen molar-refractivity contribution in [2.75, 3.05) is 24.5 Å². The molecule has 0 radical (unpaired) electrons. The van der Waals surface area contributed by atoms with Crippen molar-refractivity contribution >= 4 is 5.82 Å². The van der Waals surface area contributed by atoms with Gasteiger partial charge < -0.3 is 10.2 Å². The van der Waals surface area contributed by atoms with E-state index in [0.29, 0.717) is 5.41 Å². The first-order valence-electron chi connectivity index (χ1n) is 7.44. The number of hydrogen-bond acceptors (Lipinski definition) is 3. The minimum Gasteiger partial charge on any atom is -0.356 e. The van der Waals surface area contributed by atoms with Crippen LogP contribution in [-0.2, 0) is 6.54 Å². The molecule has 0 atom stereocenters. The highest BCUT2D eigenvalue weighted by molar-refractivity contribution is 5.42. The van der Waals surface area contributed by atoms with E-state index in [1.807, 2.05) is 0 Å². The largest absolute Gasteiger partial charge is 0.356 e. The third-order valence-electron chi connectivity index (χ3n) is 3.97. The lowest BCUT2D eigenvalue weighted by Crippen LogP contribution is -2.40. The van der Waals surface area contributed by atoms with Gasteiger partial charge in [0, 0.05) is 25.3 Å². The van der Waals surface area contributed by atoms with Gasteiger partial charge in [0.25, 0.3) is 0 Å². The van der Waals surface area contributed by atoms with Crippen LogP contribution in [0.15, 0.2) is 12.1 Å². The van der Waals surface area contributed by atoms with Crippen molar-refractivity contribution in [3.63, 3.8) is 0 Å². The van der Waals surface area contributed by atoms with Gasteiger partial charge in [-0.25, -0.2) is 4.98 Å². The maximum absolute atomic E-state index is 4.80. The maximum Gasteiger partial charge on any atom is 0.128 e. The molecule has 0 saturated carbocycles. The SMILES string of the molecule is CCNCc1ccc(N2CCCC(C)(C)C2)nc1C. The molecule has 0 bridgehead atoms. The Morgan fingerprint density at radius 1 is 1.37 bits per heavy atom. The number of nitrogens with one attached hydrogen (secondary N) is 1. The average molecular weight is 261 g/mol. The number of aryl methyl sites for hydroxylation is 1. The Bertz CT molecular complexity index is 426. The Morgan fingerprint density at radius 2 is 2.16 bits per heavy atom. The minimum atomic E-state index is 0.413. The van der Waals surface area contributed by atoms with Crippen LogP contribution in [0, 0.1) is 12.3 Å². The van der Waals surface area contributed by atoms with E-state index in [0.717, 1.165) is 37.7 Å². The number of anilines is 1. The molecule has 3 nitrogen and oxygen atoms in total. The highest BCUT2D eigenvalue weighted by Gasteiger charge is 2.27. The van der Waals surface area contributed by atoms with Crippen molar-refractivity contribution in [3.8, 4) is 0 Å². The number of nitrogens with zero attached hydrogens (tertiary/aromatic N) is 2. The van der Waals surface area contributed by atoms with Gasteiger partial charge in [0.1, 0.15) is 5.82 Å². The number of aromatic nitrogens is 1. The second-order valence-corrected chi connectivity index (χ2v) is 6.38. The van der Waals surface area contributed by atoms with Crippen molar-refractivity contribution in [1.29, 1.82) is 0 Å². The lowest BCUT2D eigenvalue weighted by atomic mass is 9.84. The molecular formula is C16H27N3. The first-order chi connectivity index (χ1) is 9.02. The van der Waals surface area contributed by atoms with Crippen LogP contribution in [0.4, 0.5) is 5.82 Å². The summed E-state index contributed by atoms with van der Waals surface area (Å²) in [4.78, 5) is 7.24. The van der Waals surface area contributed by atoms with E-state index < -0.39 is 0 Å². The van der Waals surface area contributed by atoms with Crippen molar-refractivity contribution in [1.82, 2.24) is 10.3 Å². The summed E-state index contributed by atoms with van der Waals surface area (Å²) in [6.45, 7) is 13.1. The number of hydrogen-bond donors (Lipinski definition) is 1. The summed E-state index contributed by atoms with van der Waals surface area (Å²) in [7, 11) is 0. The lowest BCUT2D eigenvalue weighted by molar-refractivity contribution is 0.292. The van der Waals surface area contributed by atoms with E-state index in [9.17, 15) is 0 Å². The fourth-order valence-electron chi connectivity index (χ4n) is 2.82. The second kappa shape index (κ2) is 5.91. The summed E-state index contributed by atoms with van der Waals surface area (Å²) in [5.41, 5.74) is 2.87. The van der Waals surface area contributed by atoms with E-state index >= 15 is 0 Å². The van der Waals surface area contributed by atoms with Crippen LogP contribution in [0.3, 0.4) is 0 Å². The van der Waals surface area contributed by atoms with Gasteiger partial charge in [-0.15, -0.1) is 0 Å². The number of piperidine rings is 1. The Labute approximate surface area is 117 Å². The van der Waals surface area contributed by atoms with Gasteiger partial charge in [0.05, 0.1) is 0 Å². The molecule has 1 aromatic heterocycles. The molecule has 1 aliphatic rings. The van der Waals surface area contributed by atoms with Crippen molar-refractivity contribution in [3.05, 3.63) is 23.4 Å². The number of pyridine rings is 1. The fraction of sp³-hybridized carbons (Fsp3) is 0.688. The first-order valence-corrected chi connectivity index (χ1v) is 7.44. The molecule has 1 fully saturated rings. The molecule has 2 rings (SSSR count). The molecule has 2 heterocycles. The highest BCUT2D eigenvalue weighted by atomic mass is 15.2. The molecule has 1 aromatic rings. The molecular weight excluding hydrogens is 234 g/mol. The van der Waals surface area contributed by atoms with Gasteiger partial charge in [0.2, 0.25) is 0 Å². The Hall–Kier alpha value is -1.09. The molecule has 0 aliphatic carbocycles. The standard InChI is InChI=1S/C16H27N3/c1-5-17-11-14-7-8-15(18-13(14)2)19-10-6-9-16(3,4)12-19/h7-8,17H,5-6,9-12H2,1-4H3. The summed E-state index contributed by atoms with van der Waals surface area (Å²) in [6, 6.07) is 4.41. The van der Waals surface area contributed by atoms with Gasteiger partial charge in [-0.3, -0.25) is 0 Å². The molecule has 1 N–H and O–H groups in total. The summed E-state index contributed by atoms with van der Waals surface area (Å²) >= 11 is 0. The van der Waals surface area contributed by atoms with Crippen molar-refractivity contribution < 1.29 is 0 Å². The highest BCUT2D eigenvalue weighted by Crippen LogP contribution is 2.31. The van der Waals surface area contributed by atoms with E-state index in [-0.39, 0.29) is 0 Å².